The third kappa shape index (κ3) is 3.06. The highest BCUT2D eigenvalue weighted by molar-refractivity contribution is 6.01. The number of aromatic nitrogens is 2. The number of hydrogen-bond donors (Lipinski definition) is 3. The first kappa shape index (κ1) is 12.2. The molecule has 88 valence electrons. The monoisotopic (exact) mass is 227 g/mol. The van der Waals surface area contributed by atoms with Crippen LogP contribution < -0.4 is 5.48 Å². The molecule has 1 rings (SSSR count). The lowest BCUT2D eigenvalue weighted by Crippen LogP contribution is -2.27. The van der Waals surface area contributed by atoms with E-state index in [1.165, 1.54) is 0 Å². The predicted molar refractivity (Wildman–Crippen MR) is 53.8 cm³/mol. The zero-order chi connectivity index (χ0) is 12.1. The molecular formula is C9H13N3O4. The van der Waals surface area contributed by atoms with Gasteiger partial charge in [0.2, 0.25) is 0 Å². The Bertz CT molecular complexity index is 386. The number of H-pyrrole nitrogens is 1. The summed E-state index contributed by atoms with van der Waals surface area (Å²) in [6.07, 6.45) is 1.14. The third-order valence-corrected chi connectivity index (χ3v) is 1.65. The maximum atomic E-state index is 11.4. The van der Waals surface area contributed by atoms with Crippen molar-refractivity contribution in [1.82, 2.24) is 15.4 Å². The number of rotatable bonds is 5. The van der Waals surface area contributed by atoms with Gasteiger partial charge in [0.05, 0.1) is 12.9 Å². The van der Waals surface area contributed by atoms with Crippen LogP contribution in [0.1, 0.15) is 34.8 Å². The van der Waals surface area contributed by atoms with Gasteiger partial charge in [-0.2, -0.15) is 0 Å². The van der Waals surface area contributed by atoms with E-state index in [0.717, 1.165) is 6.33 Å². The molecule has 0 aromatic carbocycles. The minimum atomic E-state index is -1.24. The lowest BCUT2D eigenvalue weighted by Gasteiger charge is -2.06. The van der Waals surface area contributed by atoms with Crippen molar-refractivity contribution in [2.45, 2.75) is 13.8 Å². The molecule has 0 saturated carbocycles. The molecule has 0 radical (unpaired) electrons. The van der Waals surface area contributed by atoms with E-state index in [4.69, 9.17) is 9.94 Å². The molecule has 0 bridgehead atoms. The van der Waals surface area contributed by atoms with Crippen molar-refractivity contribution >= 4 is 11.9 Å². The van der Waals surface area contributed by atoms with E-state index in [-0.39, 0.29) is 17.3 Å². The number of aromatic carboxylic acids is 1. The van der Waals surface area contributed by atoms with E-state index in [9.17, 15) is 9.59 Å². The number of imidazole rings is 1. The second kappa shape index (κ2) is 5.26. The quantitative estimate of drug-likeness (QED) is 0.632. The number of nitrogens with one attached hydrogen (secondary N) is 2. The van der Waals surface area contributed by atoms with Crippen LogP contribution in [0.25, 0.3) is 0 Å². The SMILES string of the molecule is CC(C)CONC(=O)c1nc[nH]c1C(=O)O. The number of carboxylic acid groups (broad SMARTS) is 1. The van der Waals surface area contributed by atoms with Crippen LogP contribution in [0.5, 0.6) is 0 Å². The average molecular weight is 227 g/mol. The molecule has 0 unspecified atom stereocenters. The Labute approximate surface area is 91.8 Å². The first-order valence-electron chi connectivity index (χ1n) is 4.71. The molecule has 0 aliphatic carbocycles. The molecule has 0 fully saturated rings. The van der Waals surface area contributed by atoms with Crippen LogP contribution in [-0.4, -0.2) is 33.6 Å². The number of amides is 1. The Morgan fingerprint density at radius 2 is 2.31 bits per heavy atom. The molecule has 0 atom stereocenters. The highest BCUT2D eigenvalue weighted by Crippen LogP contribution is 2.02. The van der Waals surface area contributed by atoms with Crippen LogP contribution in [0.15, 0.2) is 6.33 Å². The topological polar surface area (TPSA) is 104 Å². The molecule has 3 N–H and O–H groups in total. The summed E-state index contributed by atoms with van der Waals surface area (Å²) in [5, 5.41) is 8.73. The lowest BCUT2D eigenvalue weighted by molar-refractivity contribution is 0.0203. The van der Waals surface area contributed by atoms with Gasteiger partial charge < -0.3 is 10.1 Å². The second-order valence-corrected chi connectivity index (χ2v) is 3.57. The van der Waals surface area contributed by atoms with E-state index < -0.39 is 11.9 Å². The zero-order valence-corrected chi connectivity index (χ0v) is 8.98. The summed E-state index contributed by atoms with van der Waals surface area (Å²) < 4.78 is 0. The van der Waals surface area contributed by atoms with Crippen LogP contribution in [-0.2, 0) is 4.84 Å². The summed E-state index contributed by atoms with van der Waals surface area (Å²) in [5.41, 5.74) is 1.67. The average Bonchev–Trinajstić information content (AvgIpc) is 2.65. The van der Waals surface area contributed by atoms with Crippen molar-refractivity contribution in [3.05, 3.63) is 17.7 Å². The molecule has 0 spiro atoms. The fourth-order valence-corrected chi connectivity index (χ4v) is 0.952. The molecule has 7 heteroatoms. The van der Waals surface area contributed by atoms with Crippen molar-refractivity contribution in [1.29, 1.82) is 0 Å². The van der Waals surface area contributed by atoms with E-state index in [2.05, 4.69) is 15.4 Å². The smallest absolute Gasteiger partial charge is 0.354 e. The van der Waals surface area contributed by atoms with Gasteiger partial charge in [-0.1, -0.05) is 13.8 Å². The molecule has 16 heavy (non-hydrogen) atoms. The first-order chi connectivity index (χ1) is 7.52. The largest absolute Gasteiger partial charge is 0.477 e. The second-order valence-electron chi connectivity index (χ2n) is 3.57. The van der Waals surface area contributed by atoms with Crippen molar-refractivity contribution in [3.63, 3.8) is 0 Å². The van der Waals surface area contributed by atoms with Crippen molar-refractivity contribution in [3.8, 4) is 0 Å². The number of aromatic amines is 1. The third-order valence-electron chi connectivity index (χ3n) is 1.65. The van der Waals surface area contributed by atoms with Crippen LogP contribution in [0.3, 0.4) is 0 Å². The summed E-state index contributed by atoms with van der Waals surface area (Å²) in [7, 11) is 0. The minimum Gasteiger partial charge on any atom is -0.477 e. The summed E-state index contributed by atoms with van der Waals surface area (Å²) in [5.74, 6) is -1.66. The van der Waals surface area contributed by atoms with Crippen molar-refractivity contribution < 1.29 is 19.5 Å². The van der Waals surface area contributed by atoms with Gasteiger partial charge in [0, 0.05) is 0 Å². The molecule has 7 nitrogen and oxygen atoms in total. The minimum absolute atomic E-state index is 0.198. The van der Waals surface area contributed by atoms with Gasteiger partial charge in [-0.3, -0.25) is 9.63 Å². The molecule has 0 aliphatic rings. The normalized spacial score (nSPS) is 10.4. The summed E-state index contributed by atoms with van der Waals surface area (Å²) in [6, 6.07) is 0. The fourth-order valence-electron chi connectivity index (χ4n) is 0.952. The Hall–Kier alpha value is -1.89. The number of carboxylic acids is 1. The maximum Gasteiger partial charge on any atom is 0.354 e. The van der Waals surface area contributed by atoms with Gasteiger partial charge in [-0.25, -0.2) is 15.3 Å². The number of carbonyl (C=O) groups is 2. The van der Waals surface area contributed by atoms with Gasteiger partial charge >= 0.3 is 5.97 Å². The van der Waals surface area contributed by atoms with E-state index in [1.807, 2.05) is 13.8 Å². The summed E-state index contributed by atoms with van der Waals surface area (Å²) >= 11 is 0. The van der Waals surface area contributed by atoms with Crippen molar-refractivity contribution in [2.24, 2.45) is 5.92 Å². The molecule has 1 amide bonds. The van der Waals surface area contributed by atoms with Crippen LogP contribution in [0, 0.1) is 5.92 Å². The summed E-state index contributed by atoms with van der Waals surface area (Å²) in [6.45, 7) is 4.19. The number of hydroxylamine groups is 1. The molecule has 1 aromatic rings. The highest BCUT2D eigenvalue weighted by Gasteiger charge is 2.19. The van der Waals surface area contributed by atoms with E-state index >= 15 is 0 Å². The Kier molecular flexibility index (Phi) is 4.01. The fraction of sp³-hybridized carbons (Fsp3) is 0.444. The zero-order valence-electron chi connectivity index (χ0n) is 8.98. The van der Waals surface area contributed by atoms with Gasteiger partial charge in [0.15, 0.2) is 11.4 Å². The number of carbonyl (C=O) groups excluding carboxylic acids is 1. The highest BCUT2D eigenvalue weighted by atomic mass is 16.6. The standard InChI is InChI=1S/C9H13N3O4/c1-5(2)3-16-12-8(13)6-7(9(14)15)11-4-10-6/h4-5H,3H2,1-2H3,(H,10,11)(H,12,13)(H,14,15). The van der Waals surface area contributed by atoms with E-state index in [1.54, 1.807) is 0 Å². The van der Waals surface area contributed by atoms with Gasteiger partial charge in [-0.05, 0) is 5.92 Å². The Morgan fingerprint density at radius 1 is 1.62 bits per heavy atom. The lowest BCUT2D eigenvalue weighted by atomic mass is 10.2. The van der Waals surface area contributed by atoms with Gasteiger partial charge in [0.1, 0.15) is 0 Å². The first-order valence-corrected chi connectivity index (χ1v) is 4.71. The van der Waals surface area contributed by atoms with Crippen LogP contribution in [0.2, 0.25) is 0 Å². The maximum absolute atomic E-state index is 11.4. The van der Waals surface area contributed by atoms with Crippen LogP contribution in [0.4, 0.5) is 0 Å². The molecule has 1 aromatic heterocycles. The number of hydrogen-bond acceptors (Lipinski definition) is 4. The molecular weight excluding hydrogens is 214 g/mol. The van der Waals surface area contributed by atoms with Gasteiger partial charge in [0.25, 0.3) is 5.91 Å². The van der Waals surface area contributed by atoms with Gasteiger partial charge in [-0.15, -0.1) is 0 Å². The Balaban J connectivity index is 2.59. The predicted octanol–water partition coefficient (Wildman–Crippen LogP) is 0.425. The number of nitrogens with zero attached hydrogens (tertiary/aromatic N) is 1. The van der Waals surface area contributed by atoms with Crippen molar-refractivity contribution in [2.75, 3.05) is 6.61 Å². The van der Waals surface area contributed by atoms with Crippen LogP contribution >= 0.6 is 0 Å². The van der Waals surface area contributed by atoms with E-state index in [0.29, 0.717) is 6.61 Å². The Morgan fingerprint density at radius 3 is 2.88 bits per heavy atom. The molecule has 1 heterocycles. The summed E-state index contributed by atoms with van der Waals surface area (Å²) in [4.78, 5) is 32.9. The molecule has 0 aliphatic heterocycles. The molecule has 0 saturated heterocycles.